The largest absolute Gasteiger partial charge is 0.486 e. The molecule has 1 aromatic rings. The Morgan fingerprint density at radius 2 is 2.00 bits per heavy atom. The van der Waals surface area contributed by atoms with Crippen molar-refractivity contribution in [2.24, 2.45) is 5.92 Å². The van der Waals surface area contributed by atoms with E-state index in [0.29, 0.717) is 19.1 Å². The van der Waals surface area contributed by atoms with Crippen molar-refractivity contribution in [3.8, 4) is 11.5 Å². The zero-order chi connectivity index (χ0) is 13.5. The lowest BCUT2D eigenvalue weighted by Gasteiger charge is -2.37. The lowest BCUT2D eigenvalue weighted by Crippen LogP contribution is -2.43. The first-order chi connectivity index (χ1) is 9.13. The number of aliphatic hydroxyl groups excluding tert-OH is 1. The highest BCUT2D eigenvalue weighted by Crippen LogP contribution is 2.41. The molecule has 0 aliphatic carbocycles. The maximum Gasteiger partial charge on any atom is 0.163 e. The zero-order valence-electron chi connectivity index (χ0n) is 11.6. The van der Waals surface area contributed by atoms with Crippen molar-refractivity contribution in [3.63, 3.8) is 0 Å². The summed E-state index contributed by atoms with van der Waals surface area (Å²) in [5, 5.41) is 9.49. The quantitative estimate of drug-likeness (QED) is 0.887. The standard InChI is InChI=1S/C15H21NO3/c1-15(2)11(10-17)5-6-16(15)12-3-4-13-14(9-12)19-8-7-18-13/h3-4,9,11,17H,5-8,10H2,1-2H3. The third-order valence-corrected chi connectivity index (χ3v) is 4.45. The Morgan fingerprint density at radius 3 is 2.68 bits per heavy atom. The number of nitrogens with zero attached hydrogens (tertiary/aromatic N) is 1. The Bertz CT molecular complexity index is 472. The first-order valence-electron chi connectivity index (χ1n) is 6.91. The van der Waals surface area contributed by atoms with E-state index in [1.807, 2.05) is 6.07 Å². The van der Waals surface area contributed by atoms with Gasteiger partial charge in [-0.05, 0) is 32.4 Å². The minimum absolute atomic E-state index is 0.0293. The number of benzene rings is 1. The van der Waals surface area contributed by atoms with Gasteiger partial charge in [-0.15, -0.1) is 0 Å². The van der Waals surface area contributed by atoms with Gasteiger partial charge in [0.25, 0.3) is 0 Å². The molecule has 19 heavy (non-hydrogen) atoms. The minimum atomic E-state index is -0.0293. The van der Waals surface area contributed by atoms with Crippen molar-refractivity contribution < 1.29 is 14.6 Å². The van der Waals surface area contributed by atoms with Crippen molar-refractivity contribution in [2.75, 3.05) is 31.3 Å². The molecule has 0 saturated carbocycles. The zero-order valence-corrected chi connectivity index (χ0v) is 11.6. The second-order valence-electron chi connectivity index (χ2n) is 5.80. The molecular weight excluding hydrogens is 242 g/mol. The molecule has 4 heteroatoms. The average molecular weight is 263 g/mol. The molecule has 1 unspecified atom stereocenters. The number of hydrogen-bond donors (Lipinski definition) is 1. The molecule has 4 nitrogen and oxygen atoms in total. The number of fused-ring (bicyclic) bond motifs is 1. The molecule has 1 atom stereocenters. The molecule has 1 aromatic carbocycles. The first kappa shape index (κ1) is 12.6. The summed E-state index contributed by atoms with van der Waals surface area (Å²) in [4.78, 5) is 2.35. The lowest BCUT2D eigenvalue weighted by molar-refractivity contribution is 0.171. The van der Waals surface area contributed by atoms with Gasteiger partial charge in [0, 0.05) is 36.4 Å². The lowest BCUT2D eigenvalue weighted by atomic mass is 9.89. The van der Waals surface area contributed by atoms with Gasteiger partial charge in [0.1, 0.15) is 13.2 Å². The molecule has 3 rings (SSSR count). The molecule has 1 saturated heterocycles. The molecule has 1 N–H and O–H groups in total. The third-order valence-electron chi connectivity index (χ3n) is 4.45. The molecule has 1 fully saturated rings. The van der Waals surface area contributed by atoms with E-state index < -0.39 is 0 Å². The summed E-state index contributed by atoms with van der Waals surface area (Å²) in [5.41, 5.74) is 1.11. The highest BCUT2D eigenvalue weighted by molar-refractivity contribution is 5.58. The monoisotopic (exact) mass is 263 g/mol. The summed E-state index contributed by atoms with van der Waals surface area (Å²) in [5.74, 6) is 1.97. The molecule has 2 aliphatic rings. The summed E-state index contributed by atoms with van der Waals surface area (Å²) >= 11 is 0. The van der Waals surface area contributed by atoms with Crippen LogP contribution in [0.3, 0.4) is 0 Å². The second-order valence-corrected chi connectivity index (χ2v) is 5.80. The fraction of sp³-hybridized carbons (Fsp3) is 0.600. The van der Waals surface area contributed by atoms with Crippen molar-refractivity contribution in [3.05, 3.63) is 18.2 Å². The summed E-state index contributed by atoms with van der Waals surface area (Å²) in [6.45, 7) is 6.83. The molecule has 104 valence electrons. The molecule has 2 aliphatic heterocycles. The Labute approximate surface area is 113 Å². The maximum atomic E-state index is 9.49. The normalized spacial score (nSPS) is 24.6. The van der Waals surface area contributed by atoms with Gasteiger partial charge >= 0.3 is 0 Å². The van der Waals surface area contributed by atoms with E-state index in [9.17, 15) is 5.11 Å². The van der Waals surface area contributed by atoms with Gasteiger partial charge in [-0.3, -0.25) is 0 Å². The first-order valence-corrected chi connectivity index (χ1v) is 6.91. The topological polar surface area (TPSA) is 41.9 Å². The van der Waals surface area contributed by atoms with Crippen molar-refractivity contribution in [1.82, 2.24) is 0 Å². The Morgan fingerprint density at radius 1 is 1.26 bits per heavy atom. The van der Waals surface area contributed by atoms with Crippen LogP contribution >= 0.6 is 0 Å². The minimum Gasteiger partial charge on any atom is -0.486 e. The third kappa shape index (κ3) is 2.04. The number of rotatable bonds is 2. The Kier molecular flexibility index (Phi) is 3.05. The fourth-order valence-corrected chi connectivity index (χ4v) is 3.12. The predicted molar refractivity (Wildman–Crippen MR) is 74.0 cm³/mol. The van der Waals surface area contributed by atoms with E-state index in [1.54, 1.807) is 0 Å². The van der Waals surface area contributed by atoms with Crippen LogP contribution in [0, 0.1) is 5.92 Å². The van der Waals surface area contributed by atoms with Gasteiger partial charge in [0.05, 0.1) is 0 Å². The molecule has 0 radical (unpaired) electrons. The fourth-order valence-electron chi connectivity index (χ4n) is 3.12. The van der Waals surface area contributed by atoms with E-state index in [1.165, 1.54) is 0 Å². The molecule has 2 heterocycles. The van der Waals surface area contributed by atoms with Crippen molar-refractivity contribution in [2.45, 2.75) is 25.8 Å². The summed E-state index contributed by atoms with van der Waals surface area (Å²) in [6, 6.07) is 6.11. The summed E-state index contributed by atoms with van der Waals surface area (Å²) in [6.07, 6.45) is 1.03. The number of ether oxygens (including phenoxy) is 2. The second kappa shape index (κ2) is 4.60. The van der Waals surface area contributed by atoms with Crippen LogP contribution in [0.25, 0.3) is 0 Å². The Hall–Kier alpha value is -1.42. The van der Waals surface area contributed by atoms with E-state index in [-0.39, 0.29) is 12.1 Å². The van der Waals surface area contributed by atoms with Crippen LogP contribution in [0.5, 0.6) is 11.5 Å². The summed E-state index contributed by atoms with van der Waals surface area (Å²) < 4.78 is 11.2. The van der Waals surface area contributed by atoms with Gasteiger partial charge in [0.2, 0.25) is 0 Å². The van der Waals surface area contributed by atoms with E-state index >= 15 is 0 Å². The average Bonchev–Trinajstić information content (AvgIpc) is 2.72. The van der Waals surface area contributed by atoms with Crippen LogP contribution in [0.2, 0.25) is 0 Å². The molecule has 0 spiro atoms. The van der Waals surface area contributed by atoms with E-state index in [0.717, 1.165) is 30.2 Å². The van der Waals surface area contributed by atoms with Gasteiger partial charge in [-0.1, -0.05) is 0 Å². The maximum absolute atomic E-state index is 9.49. The molecule has 0 bridgehead atoms. The highest BCUT2D eigenvalue weighted by Gasteiger charge is 2.41. The van der Waals surface area contributed by atoms with Gasteiger partial charge < -0.3 is 19.5 Å². The van der Waals surface area contributed by atoms with Gasteiger partial charge in [-0.2, -0.15) is 0 Å². The van der Waals surface area contributed by atoms with Crippen LogP contribution in [0.4, 0.5) is 5.69 Å². The van der Waals surface area contributed by atoms with Crippen LogP contribution < -0.4 is 14.4 Å². The number of anilines is 1. The molecule has 0 aromatic heterocycles. The van der Waals surface area contributed by atoms with Crippen LogP contribution in [0.1, 0.15) is 20.3 Å². The molecule has 0 amide bonds. The SMILES string of the molecule is CC1(C)C(CO)CCN1c1ccc2c(c1)OCCO2. The predicted octanol–water partition coefficient (Wildman–Crippen LogP) is 2.05. The van der Waals surface area contributed by atoms with Gasteiger partial charge in [-0.25, -0.2) is 0 Å². The van der Waals surface area contributed by atoms with Crippen LogP contribution in [0.15, 0.2) is 18.2 Å². The smallest absolute Gasteiger partial charge is 0.163 e. The Balaban J connectivity index is 1.90. The van der Waals surface area contributed by atoms with E-state index in [2.05, 4.69) is 30.9 Å². The van der Waals surface area contributed by atoms with Crippen molar-refractivity contribution in [1.29, 1.82) is 0 Å². The summed E-state index contributed by atoms with van der Waals surface area (Å²) in [7, 11) is 0. The van der Waals surface area contributed by atoms with Crippen LogP contribution in [-0.2, 0) is 0 Å². The molecular formula is C15H21NO3. The number of hydrogen-bond acceptors (Lipinski definition) is 4. The number of aliphatic hydroxyl groups is 1. The van der Waals surface area contributed by atoms with E-state index in [4.69, 9.17) is 9.47 Å². The van der Waals surface area contributed by atoms with Gasteiger partial charge in [0.15, 0.2) is 11.5 Å². The van der Waals surface area contributed by atoms with Crippen LogP contribution in [-0.4, -0.2) is 37.0 Å². The highest BCUT2D eigenvalue weighted by atomic mass is 16.6. The van der Waals surface area contributed by atoms with Crippen molar-refractivity contribution >= 4 is 5.69 Å².